The Morgan fingerprint density at radius 3 is 2.62 bits per heavy atom. The quantitative estimate of drug-likeness (QED) is 0.697. The molecule has 4 heteroatoms. The lowest BCUT2D eigenvalue weighted by atomic mass is 10.1. The van der Waals surface area contributed by atoms with Crippen molar-refractivity contribution in [3.8, 4) is 0 Å². The van der Waals surface area contributed by atoms with Crippen molar-refractivity contribution in [3.05, 3.63) is 70.4 Å². The van der Waals surface area contributed by atoms with Crippen LogP contribution in [-0.2, 0) is 6.42 Å². The number of benzene rings is 2. The number of para-hydroxylation sites is 1. The van der Waals surface area contributed by atoms with Gasteiger partial charge >= 0.3 is 0 Å². The van der Waals surface area contributed by atoms with Crippen LogP contribution in [0.3, 0.4) is 0 Å². The molecule has 0 fully saturated rings. The number of carbonyl (C=O) groups is 1. The molecule has 1 aromatic heterocycles. The maximum atomic E-state index is 12.5. The largest absolute Gasteiger partial charge is 0.449 e. The second-order valence-electron chi connectivity index (χ2n) is 6.07. The zero-order valence-electron chi connectivity index (χ0n) is 13.8. The van der Waals surface area contributed by atoms with Crippen LogP contribution in [0.15, 0.2) is 52.9 Å². The van der Waals surface area contributed by atoms with E-state index < -0.39 is 0 Å². The number of hydrogen-bond donors (Lipinski definition) is 1. The summed E-state index contributed by atoms with van der Waals surface area (Å²) in [6.45, 7) is 3.89. The standard InChI is InChI=1S/C20H20ClNO2/c1-13(11-12-15-7-4-3-5-8-15)22-20(23)18-14(2)16-9-6-10-17(21)19(16)24-18/h3-10,13H,11-12H2,1-2H3,(H,22,23)/t13-/m0/s1. The molecule has 0 aliphatic heterocycles. The smallest absolute Gasteiger partial charge is 0.287 e. The van der Waals surface area contributed by atoms with E-state index in [-0.39, 0.29) is 11.9 Å². The van der Waals surface area contributed by atoms with E-state index in [1.807, 2.05) is 44.2 Å². The van der Waals surface area contributed by atoms with E-state index in [2.05, 4.69) is 17.4 Å². The van der Waals surface area contributed by atoms with Gasteiger partial charge in [0, 0.05) is 17.0 Å². The Morgan fingerprint density at radius 2 is 1.92 bits per heavy atom. The van der Waals surface area contributed by atoms with Crippen LogP contribution in [0.5, 0.6) is 0 Å². The van der Waals surface area contributed by atoms with Gasteiger partial charge in [0.2, 0.25) is 0 Å². The molecule has 0 aliphatic carbocycles. The molecule has 3 nitrogen and oxygen atoms in total. The van der Waals surface area contributed by atoms with Crippen molar-refractivity contribution in [2.75, 3.05) is 0 Å². The van der Waals surface area contributed by atoms with Crippen molar-refractivity contribution in [1.29, 1.82) is 0 Å². The topological polar surface area (TPSA) is 42.2 Å². The molecule has 0 aliphatic rings. The minimum absolute atomic E-state index is 0.0563. The summed E-state index contributed by atoms with van der Waals surface area (Å²) in [6.07, 6.45) is 1.79. The third kappa shape index (κ3) is 3.46. The van der Waals surface area contributed by atoms with E-state index in [0.717, 1.165) is 23.8 Å². The van der Waals surface area contributed by atoms with Crippen LogP contribution in [0.2, 0.25) is 5.02 Å². The zero-order valence-corrected chi connectivity index (χ0v) is 14.6. The minimum Gasteiger partial charge on any atom is -0.449 e. The summed E-state index contributed by atoms with van der Waals surface area (Å²) >= 11 is 6.14. The molecule has 1 heterocycles. The number of hydrogen-bond acceptors (Lipinski definition) is 2. The number of carbonyl (C=O) groups excluding carboxylic acids is 1. The maximum Gasteiger partial charge on any atom is 0.287 e. The van der Waals surface area contributed by atoms with Gasteiger partial charge < -0.3 is 9.73 Å². The summed E-state index contributed by atoms with van der Waals surface area (Å²) in [5, 5.41) is 4.41. The van der Waals surface area contributed by atoms with E-state index in [4.69, 9.17) is 16.0 Å². The van der Waals surface area contributed by atoms with Crippen molar-refractivity contribution in [1.82, 2.24) is 5.32 Å². The van der Waals surface area contributed by atoms with Gasteiger partial charge in [0.25, 0.3) is 5.91 Å². The van der Waals surface area contributed by atoms with Crippen LogP contribution in [0.25, 0.3) is 11.0 Å². The fourth-order valence-corrected chi connectivity index (χ4v) is 3.03. The van der Waals surface area contributed by atoms with Crippen molar-refractivity contribution in [3.63, 3.8) is 0 Å². The molecule has 3 aromatic rings. The van der Waals surface area contributed by atoms with Crippen molar-refractivity contribution in [2.24, 2.45) is 0 Å². The first kappa shape index (κ1) is 16.6. The molecule has 1 amide bonds. The van der Waals surface area contributed by atoms with Gasteiger partial charge in [-0.1, -0.05) is 54.1 Å². The number of furan rings is 1. The highest BCUT2D eigenvalue weighted by Crippen LogP contribution is 2.30. The normalized spacial score (nSPS) is 12.3. The lowest BCUT2D eigenvalue weighted by Gasteiger charge is -2.13. The Kier molecular flexibility index (Phi) is 4.91. The van der Waals surface area contributed by atoms with Crippen molar-refractivity contribution < 1.29 is 9.21 Å². The fourth-order valence-electron chi connectivity index (χ4n) is 2.81. The molecule has 3 rings (SSSR count). The summed E-state index contributed by atoms with van der Waals surface area (Å²) in [5.74, 6) is 0.144. The van der Waals surface area contributed by atoms with Gasteiger partial charge in [0.05, 0.1) is 5.02 Å². The lowest BCUT2D eigenvalue weighted by molar-refractivity contribution is 0.0911. The van der Waals surface area contributed by atoms with Crippen LogP contribution < -0.4 is 5.32 Å². The third-order valence-electron chi connectivity index (χ3n) is 4.21. The molecule has 0 saturated carbocycles. The van der Waals surface area contributed by atoms with Crippen LogP contribution in [0.1, 0.15) is 35.0 Å². The van der Waals surface area contributed by atoms with Gasteiger partial charge in [-0.05, 0) is 38.3 Å². The summed E-state index contributed by atoms with van der Waals surface area (Å²) in [4.78, 5) is 12.5. The molecule has 0 saturated heterocycles. The first-order valence-electron chi connectivity index (χ1n) is 8.08. The molecule has 24 heavy (non-hydrogen) atoms. The highest BCUT2D eigenvalue weighted by Gasteiger charge is 2.20. The average Bonchev–Trinajstić information content (AvgIpc) is 2.93. The molecule has 1 atom stereocenters. The number of rotatable bonds is 5. The monoisotopic (exact) mass is 341 g/mol. The van der Waals surface area contributed by atoms with Gasteiger partial charge in [-0.25, -0.2) is 0 Å². The number of aryl methyl sites for hydroxylation is 2. The second-order valence-corrected chi connectivity index (χ2v) is 6.48. The van der Waals surface area contributed by atoms with Gasteiger partial charge in [0.1, 0.15) is 0 Å². The van der Waals surface area contributed by atoms with Gasteiger partial charge in [-0.2, -0.15) is 0 Å². The lowest BCUT2D eigenvalue weighted by Crippen LogP contribution is -2.33. The van der Waals surface area contributed by atoms with E-state index in [9.17, 15) is 4.79 Å². The van der Waals surface area contributed by atoms with Crippen LogP contribution >= 0.6 is 11.6 Å². The Hall–Kier alpha value is -2.26. The molecular weight excluding hydrogens is 322 g/mol. The molecule has 124 valence electrons. The van der Waals surface area contributed by atoms with E-state index in [1.54, 1.807) is 6.07 Å². The Bertz CT molecular complexity index is 855. The predicted molar refractivity (Wildman–Crippen MR) is 97.7 cm³/mol. The summed E-state index contributed by atoms with van der Waals surface area (Å²) < 4.78 is 5.71. The van der Waals surface area contributed by atoms with Crippen molar-refractivity contribution in [2.45, 2.75) is 32.7 Å². The maximum absolute atomic E-state index is 12.5. The first-order valence-corrected chi connectivity index (χ1v) is 8.46. The molecule has 0 bridgehead atoms. The van der Waals surface area contributed by atoms with Crippen molar-refractivity contribution >= 4 is 28.5 Å². The fraction of sp³-hybridized carbons (Fsp3) is 0.250. The number of amides is 1. The Balaban J connectivity index is 1.68. The summed E-state index contributed by atoms with van der Waals surface area (Å²) in [5.41, 5.74) is 2.66. The molecule has 1 N–H and O–H groups in total. The number of fused-ring (bicyclic) bond motifs is 1. The van der Waals surface area contributed by atoms with E-state index in [0.29, 0.717) is 16.4 Å². The van der Waals surface area contributed by atoms with Gasteiger partial charge in [0.15, 0.2) is 11.3 Å². The second kappa shape index (κ2) is 7.10. The van der Waals surface area contributed by atoms with Crippen LogP contribution in [0, 0.1) is 6.92 Å². The van der Waals surface area contributed by atoms with Crippen LogP contribution in [-0.4, -0.2) is 11.9 Å². The summed E-state index contributed by atoms with van der Waals surface area (Å²) in [6, 6.07) is 15.8. The molecule has 0 unspecified atom stereocenters. The predicted octanol–water partition coefficient (Wildman–Crippen LogP) is 5.15. The highest BCUT2D eigenvalue weighted by atomic mass is 35.5. The Labute approximate surface area is 146 Å². The molecule has 0 spiro atoms. The van der Waals surface area contributed by atoms with Gasteiger partial charge in [-0.15, -0.1) is 0 Å². The SMILES string of the molecule is Cc1c(C(=O)N[C@@H](C)CCc2ccccc2)oc2c(Cl)cccc12. The molecular formula is C20H20ClNO2. The Morgan fingerprint density at radius 1 is 1.17 bits per heavy atom. The van der Waals surface area contributed by atoms with E-state index >= 15 is 0 Å². The number of halogens is 1. The summed E-state index contributed by atoms with van der Waals surface area (Å²) in [7, 11) is 0. The molecule has 2 aromatic carbocycles. The molecule has 0 radical (unpaired) electrons. The first-order chi connectivity index (χ1) is 11.6. The van der Waals surface area contributed by atoms with Gasteiger partial charge in [-0.3, -0.25) is 4.79 Å². The minimum atomic E-state index is -0.194. The highest BCUT2D eigenvalue weighted by molar-refractivity contribution is 6.35. The zero-order chi connectivity index (χ0) is 17.1. The van der Waals surface area contributed by atoms with Crippen LogP contribution in [0.4, 0.5) is 0 Å². The number of nitrogens with one attached hydrogen (secondary N) is 1. The average molecular weight is 342 g/mol. The van der Waals surface area contributed by atoms with E-state index in [1.165, 1.54) is 5.56 Å². The third-order valence-corrected chi connectivity index (χ3v) is 4.51.